The molecule has 7 nitrogen and oxygen atoms in total. The van der Waals surface area contributed by atoms with Crippen molar-refractivity contribution in [2.75, 3.05) is 13.2 Å². The van der Waals surface area contributed by atoms with Crippen LogP contribution in [-0.4, -0.2) is 40.7 Å². The van der Waals surface area contributed by atoms with E-state index in [-0.39, 0.29) is 48.2 Å². The summed E-state index contributed by atoms with van der Waals surface area (Å²) in [6.45, 7) is 3.30. The molecule has 0 bridgehead atoms. The van der Waals surface area contributed by atoms with Gasteiger partial charge < -0.3 is 25.0 Å². The normalized spacial score (nSPS) is 15.9. The molecule has 0 fully saturated rings. The minimum atomic E-state index is -0.820. The van der Waals surface area contributed by atoms with Gasteiger partial charge in [0.25, 0.3) is 5.91 Å². The summed E-state index contributed by atoms with van der Waals surface area (Å²) in [6.07, 6.45) is -0.653. The second kappa shape index (κ2) is 7.90. The SMILES string of the molecule is CC1(C)CC(=O)c2c(O)cc(OCC(=O)NCC(O)c3ccccc3)cc2O1. The third-order valence-electron chi connectivity index (χ3n) is 4.35. The van der Waals surface area contributed by atoms with Gasteiger partial charge in [0.15, 0.2) is 12.4 Å². The van der Waals surface area contributed by atoms with Gasteiger partial charge in [0.05, 0.1) is 12.5 Å². The van der Waals surface area contributed by atoms with Crippen molar-refractivity contribution in [2.45, 2.75) is 32.0 Å². The standard InChI is InChI=1S/C21H23NO6/c1-21(2)10-16(24)20-15(23)8-14(9-18(20)28-21)27-12-19(26)22-11-17(25)13-6-4-3-5-7-13/h3-9,17,23,25H,10-12H2,1-2H3,(H,22,26). The first kappa shape index (κ1) is 19.7. The number of phenolic OH excluding ortho intramolecular Hbond substituents is 1. The number of amides is 1. The molecule has 0 saturated carbocycles. The number of ether oxygens (including phenoxy) is 2. The zero-order chi connectivity index (χ0) is 20.3. The van der Waals surface area contributed by atoms with E-state index in [1.54, 1.807) is 38.1 Å². The molecule has 0 saturated heterocycles. The molecule has 1 aliphatic rings. The van der Waals surface area contributed by atoms with Crippen LogP contribution in [0.5, 0.6) is 17.2 Å². The molecule has 3 rings (SSSR count). The number of rotatable bonds is 6. The van der Waals surface area contributed by atoms with Crippen molar-refractivity contribution in [3.63, 3.8) is 0 Å². The van der Waals surface area contributed by atoms with E-state index in [1.165, 1.54) is 12.1 Å². The van der Waals surface area contributed by atoms with E-state index in [1.807, 2.05) is 6.07 Å². The van der Waals surface area contributed by atoms with E-state index in [4.69, 9.17) is 9.47 Å². The monoisotopic (exact) mass is 385 g/mol. The molecule has 3 N–H and O–H groups in total. The Morgan fingerprint density at radius 1 is 1.29 bits per heavy atom. The van der Waals surface area contributed by atoms with E-state index in [9.17, 15) is 19.8 Å². The number of hydrogen-bond donors (Lipinski definition) is 3. The molecule has 148 valence electrons. The van der Waals surface area contributed by atoms with E-state index in [0.717, 1.165) is 0 Å². The smallest absolute Gasteiger partial charge is 0.258 e. The number of aromatic hydroxyl groups is 1. The fraction of sp³-hybridized carbons (Fsp3) is 0.333. The molecule has 1 heterocycles. The Labute approximate surface area is 162 Å². The molecule has 1 atom stereocenters. The van der Waals surface area contributed by atoms with Crippen LogP contribution in [0.15, 0.2) is 42.5 Å². The number of fused-ring (bicyclic) bond motifs is 1. The Hall–Kier alpha value is -3.06. The first-order chi connectivity index (χ1) is 13.2. The highest BCUT2D eigenvalue weighted by Gasteiger charge is 2.35. The van der Waals surface area contributed by atoms with Crippen LogP contribution in [0.3, 0.4) is 0 Å². The van der Waals surface area contributed by atoms with Crippen LogP contribution < -0.4 is 14.8 Å². The van der Waals surface area contributed by atoms with Gasteiger partial charge in [0, 0.05) is 18.7 Å². The molecule has 7 heteroatoms. The Morgan fingerprint density at radius 3 is 2.71 bits per heavy atom. The van der Waals surface area contributed by atoms with Crippen LogP contribution in [0.4, 0.5) is 0 Å². The minimum absolute atomic E-state index is 0.0491. The van der Waals surface area contributed by atoms with Gasteiger partial charge in [-0.25, -0.2) is 0 Å². The van der Waals surface area contributed by atoms with E-state index in [2.05, 4.69) is 5.32 Å². The van der Waals surface area contributed by atoms with E-state index in [0.29, 0.717) is 5.56 Å². The summed E-state index contributed by atoms with van der Waals surface area (Å²) < 4.78 is 11.2. The first-order valence-corrected chi connectivity index (χ1v) is 8.97. The maximum Gasteiger partial charge on any atom is 0.258 e. The number of hydrogen-bond acceptors (Lipinski definition) is 6. The molecule has 1 unspecified atom stereocenters. The summed E-state index contributed by atoms with van der Waals surface area (Å²) in [5, 5.41) is 22.8. The third kappa shape index (κ3) is 4.61. The van der Waals surface area contributed by atoms with Gasteiger partial charge in [-0.1, -0.05) is 30.3 Å². The van der Waals surface area contributed by atoms with E-state index < -0.39 is 17.6 Å². The van der Waals surface area contributed by atoms with Crippen molar-refractivity contribution in [1.29, 1.82) is 0 Å². The lowest BCUT2D eigenvalue weighted by Crippen LogP contribution is -2.36. The molecule has 0 spiro atoms. The molecular formula is C21H23NO6. The molecule has 1 amide bonds. The van der Waals surface area contributed by atoms with Crippen molar-refractivity contribution in [3.05, 3.63) is 53.6 Å². The quantitative estimate of drug-likeness (QED) is 0.705. The number of carbonyl (C=O) groups excluding carboxylic acids is 2. The van der Waals surface area contributed by atoms with Crippen molar-refractivity contribution < 1.29 is 29.3 Å². The number of nitrogens with one attached hydrogen (secondary N) is 1. The van der Waals surface area contributed by atoms with Crippen molar-refractivity contribution in [3.8, 4) is 17.2 Å². The highest BCUT2D eigenvalue weighted by atomic mass is 16.5. The number of aliphatic hydroxyl groups excluding tert-OH is 1. The largest absolute Gasteiger partial charge is 0.507 e. The maximum atomic E-state index is 12.2. The summed E-state index contributed by atoms with van der Waals surface area (Å²) in [6, 6.07) is 11.8. The predicted molar refractivity (Wildman–Crippen MR) is 102 cm³/mol. The zero-order valence-electron chi connectivity index (χ0n) is 15.8. The molecule has 2 aromatic rings. The summed E-state index contributed by atoms with van der Waals surface area (Å²) in [5.74, 6) is -0.433. The molecule has 1 aliphatic heterocycles. The maximum absolute atomic E-state index is 12.2. The Balaban J connectivity index is 1.58. The van der Waals surface area contributed by atoms with Crippen LogP contribution in [-0.2, 0) is 4.79 Å². The Kier molecular flexibility index (Phi) is 5.56. The Morgan fingerprint density at radius 2 is 2.00 bits per heavy atom. The lowest BCUT2D eigenvalue weighted by molar-refractivity contribution is -0.123. The predicted octanol–water partition coefficient (Wildman–Crippen LogP) is 2.36. The summed E-state index contributed by atoms with van der Waals surface area (Å²) in [5.41, 5.74) is 0.148. The highest BCUT2D eigenvalue weighted by molar-refractivity contribution is 6.03. The molecule has 0 aliphatic carbocycles. The van der Waals surface area contributed by atoms with Gasteiger partial charge in [-0.2, -0.15) is 0 Å². The third-order valence-corrected chi connectivity index (χ3v) is 4.35. The Bertz CT molecular complexity index is 878. The topological polar surface area (TPSA) is 105 Å². The van der Waals surface area contributed by atoms with Crippen LogP contribution in [0.2, 0.25) is 0 Å². The van der Waals surface area contributed by atoms with Crippen LogP contribution >= 0.6 is 0 Å². The molecule has 2 aromatic carbocycles. The second-order valence-electron chi connectivity index (χ2n) is 7.30. The van der Waals surface area contributed by atoms with E-state index >= 15 is 0 Å². The lowest BCUT2D eigenvalue weighted by Gasteiger charge is -2.32. The van der Waals surface area contributed by atoms with Gasteiger partial charge in [0.1, 0.15) is 28.4 Å². The summed E-state index contributed by atoms with van der Waals surface area (Å²) >= 11 is 0. The van der Waals surface area contributed by atoms with Gasteiger partial charge >= 0.3 is 0 Å². The minimum Gasteiger partial charge on any atom is -0.507 e. The van der Waals surface area contributed by atoms with Crippen molar-refractivity contribution in [2.24, 2.45) is 0 Å². The lowest BCUT2D eigenvalue weighted by atomic mass is 9.92. The number of phenols is 1. The summed E-state index contributed by atoms with van der Waals surface area (Å²) in [7, 11) is 0. The zero-order valence-corrected chi connectivity index (χ0v) is 15.8. The number of carbonyl (C=O) groups is 2. The second-order valence-corrected chi connectivity index (χ2v) is 7.30. The molecule has 28 heavy (non-hydrogen) atoms. The number of Topliss-reactive ketones (excluding diaryl/α,β-unsaturated/α-hetero) is 1. The average molecular weight is 385 g/mol. The van der Waals surface area contributed by atoms with Gasteiger partial charge in [0.2, 0.25) is 0 Å². The number of aliphatic hydroxyl groups is 1. The van der Waals surface area contributed by atoms with Crippen molar-refractivity contribution in [1.82, 2.24) is 5.32 Å². The van der Waals surface area contributed by atoms with Crippen molar-refractivity contribution >= 4 is 11.7 Å². The average Bonchev–Trinajstić information content (AvgIpc) is 2.63. The molecule has 0 radical (unpaired) electrons. The van der Waals surface area contributed by atoms with Gasteiger partial charge in [-0.3, -0.25) is 9.59 Å². The van der Waals surface area contributed by atoms with Crippen LogP contribution in [0.1, 0.15) is 42.3 Å². The summed E-state index contributed by atoms with van der Waals surface area (Å²) in [4.78, 5) is 24.2. The van der Waals surface area contributed by atoms with Gasteiger partial charge in [-0.05, 0) is 19.4 Å². The highest BCUT2D eigenvalue weighted by Crippen LogP contribution is 2.40. The fourth-order valence-corrected chi connectivity index (χ4v) is 3.03. The van der Waals surface area contributed by atoms with Crippen LogP contribution in [0.25, 0.3) is 0 Å². The van der Waals surface area contributed by atoms with Gasteiger partial charge in [-0.15, -0.1) is 0 Å². The molecule has 0 aromatic heterocycles. The fourth-order valence-electron chi connectivity index (χ4n) is 3.03. The molecular weight excluding hydrogens is 362 g/mol. The number of ketones is 1. The van der Waals surface area contributed by atoms with Crippen LogP contribution in [0, 0.1) is 0 Å². The number of benzene rings is 2. The first-order valence-electron chi connectivity index (χ1n) is 8.97.